The maximum absolute atomic E-state index is 13.3. The van der Waals surface area contributed by atoms with Crippen molar-refractivity contribution in [3.05, 3.63) is 60.2 Å². The molecule has 0 saturated carbocycles. The first kappa shape index (κ1) is 21.8. The van der Waals surface area contributed by atoms with Crippen molar-refractivity contribution in [3.63, 3.8) is 0 Å². The summed E-state index contributed by atoms with van der Waals surface area (Å²) >= 11 is 0. The zero-order chi connectivity index (χ0) is 22.1. The van der Waals surface area contributed by atoms with E-state index < -0.39 is 33.6 Å². The third-order valence-corrected chi connectivity index (χ3v) is 6.64. The summed E-state index contributed by atoms with van der Waals surface area (Å²) in [6.45, 7) is 4.33. The molecule has 0 aliphatic carbocycles. The van der Waals surface area contributed by atoms with E-state index in [1.165, 1.54) is 12.1 Å². The van der Waals surface area contributed by atoms with Crippen molar-refractivity contribution >= 4 is 27.6 Å². The summed E-state index contributed by atoms with van der Waals surface area (Å²) in [5.74, 6) is -0.473. The Hall–Kier alpha value is -2.91. The van der Waals surface area contributed by atoms with Crippen molar-refractivity contribution < 1.29 is 23.1 Å². The number of benzene rings is 2. The molecule has 160 valence electrons. The number of nitrogens with one attached hydrogen (secondary N) is 1. The van der Waals surface area contributed by atoms with Crippen molar-refractivity contribution in [2.75, 3.05) is 17.4 Å². The smallest absolute Gasteiger partial charge is 0.325 e. The van der Waals surface area contributed by atoms with E-state index in [9.17, 15) is 23.1 Å². The van der Waals surface area contributed by atoms with Crippen LogP contribution in [0, 0.1) is 6.92 Å². The fourth-order valence-electron chi connectivity index (χ4n) is 3.29. The first-order valence-electron chi connectivity index (χ1n) is 9.49. The maximum atomic E-state index is 13.3. The maximum Gasteiger partial charge on any atom is 0.325 e. The molecule has 0 bridgehead atoms. The van der Waals surface area contributed by atoms with Gasteiger partial charge in [-0.05, 0) is 50.6 Å². The van der Waals surface area contributed by atoms with Crippen LogP contribution < -0.4 is 9.62 Å². The minimum atomic E-state index is -3.98. The topological polar surface area (TPSA) is 107 Å². The number of imide groups is 1. The van der Waals surface area contributed by atoms with Crippen LogP contribution in [0.25, 0.3) is 0 Å². The minimum absolute atomic E-state index is 0.0785. The molecule has 0 spiro atoms. The number of amides is 3. The number of sulfonamides is 1. The zero-order valence-electron chi connectivity index (χ0n) is 17.1. The molecule has 0 unspecified atom stereocenters. The summed E-state index contributed by atoms with van der Waals surface area (Å²) < 4.78 is 27.7. The number of carbonyl (C=O) groups is 2. The van der Waals surface area contributed by atoms with Gasteiger partial charge in [-0.3, -0.25) is 14.0 Å². The zero-order valence-corrected chi connectivity index (χ0v) is 17.9. The van der Waals surface area contributed by atoms with E-state index in [1.807, 2.05) is 13.0 Å². The minimum Gasteiger partial charge on any atom is -0.389 e. The largest absolute Gasteiger partial charge is 0.389 e. The van der Waals surface area contributed by atoms with Gasteiger partial charge in [0.05, 0.1) is 29.8 Å². The van der Waals surface area contributed by atoms with Gasteiger partial charge in [0.2, 0.25) is 0 Å². The second-order valence-electron chi connectivity index (χ2n) is 7.81. The third-order valence-electron chi connectivity index (χ3n) is 4.84. The summed E-state index contributed by atoms with van der Waals surface area (Å²) in [5, 5.41) is 13.2. The molecule has 3 amide bonds. The quantitative estimate of drug-likeness (QED) is 0.651. The molecule has 1 fully saturated rings. The van der Waals surface area contributed by atoms with Gasteiger partial charge in [-0.25, -0.2) is 13.2 Å². The van der Waals surface area contributed by atoms with Crippen LogP contribution in [-0.2, 0) is 14.8 Å². The van der Waals surface area contributed by atoms with Crippen molar-refractivity contribution in [2.24, 2.45) is 0 Å². The number of aliphatic hydroxyl groups is 1. The predicted octanol–water partition coefficient (Wildman–Crippen LogP) is 1.88. The van der Waals surface area contributed by atoms with Crippen molar-refractivity contribution in [2.45, 2.75) is 37.3 Å². The van der Waals surface area contributed by atoms with Crippen molar-refractivity contribution in [3.8, 4) is 0 Å². The lowest BCUT2D eigenvalue weighted by atomic mass is 10.1. The van der Waals surface area contributed by atoms with Crippen LogP contribution in [0.2, 0.25) is 0 Å². The third kappa shape index (κ3) is 4.31. The van der Waals surface area contributed by atoms with Gasteiger partial charge in [0, 0.05) is 0 Å². The van der Waals surface area contributed by atoms with Crippen LogP contribution in [0.4, 0.5) is 10.5 Å². The Morgan fingerprint density at radius 2 is 1.77 bits per heavy atom. The van der Waals surface area contributed by atoms with Gasteiger partial charge in [0.1, 0.15) is 5.54 Å². The molecule has 3 rings (SSSR count). The number of aryl methyl sites for hydroxylation is 1. The van der Waals surface area contributed by atoms with Crippen molar-refractivity contribution in [1.29, 1.82) is 0 Å². The molecule has 2 aromatic rings. The number of carbonyl (C=O) groups excluding carboxylic acids is 2. The van der Waals surface area contributed by atoms with Crippen LogP contribution in [0.1, 0.15) is 19.4 Å². The number of hydrogen-bond acceptors (Lipinski definition) is 5. The fraction of sp³-hybridized carbons (Fsp3) is 0.333. The van der Waals surface area contributed by atoms with Crippen LogP contribution >= 0.6 is 0 Å². The molecular formula is C21H25N3O5S. The highest BCUT2D eigenvalue weighted by atomic mass is 32.2. The lowest BCUT2D eigenvalue weighted by Crippen LogP contribution is -2.45. The van der Waals surface area contributed by atoms with E-state index in [1.54, 1.807) is 50.2 Å². The Morgan fingerprint density at radius 1 is 1.10 bits per heavy atom. The first-order valence-corrected chi connectivity index (χ1v) is 10.9. The number of rotatable bonds is 7. The van der Waals surface area contributed by atoms with Gasteiger partial charge >= 0.3 is 6.03 Å². The molecule has 8 nitrogen and oxygen atoms in total. The Bertz CT molecular complexity index is 1050. The molecule has 1 heterocycles. The first-order chi connectivity index (χ1) is 14.0. The van der Waals surface area contributed by atoms with E-state index in [4.69, 9.17) is 0 Å². The van der Waals surface area contributed by atoms with Gasteiger partial charge < -0.3 is 10.4 Å². The van der Waals surface area contributed by atoms with Gasteiger partial charge in [0.15, 0.2) is 0 Å². The number of urea groups is 1. The summed E-state index contributed by atoms with van der Waals surface area (Å²) in [5.41, 5.74) is 0.171. The lowest BCUT2D eigenvalue weighted by molar-refractivity contribution is -0.131. The lowest BCUT2D eigenvalue weighted by Gasteiger charge is -2.28. The van der Waals surface area contributed by atoms with Crippen molar-refractivity contribution in [1.82, 2.24) is 10.2 Å². The summed E-state index contributed by atoms with van der Waals surface area (Å²) in [6.07, 6.45) is -1.28. The van der Waals surface area contributed by atoms with Crippen LogP contribution in [0.5, 0.6) is 0 Å². The number of anilines is 1. The SMILES string of the molecule is Cc1cccc(N(C[C@@H](O)CN2C(=O)NC(C)(C)C2=O)S(=O)(=O)c2ccccc2)c1. The monoisotopic (exact) mass is 431 g/mol. The number of aliphatic hydroxyl groups excluding tert-OH is 1. The molecular weight excluding hydrogens is 406 g/mol. The average molecular weight is 432 g/mol. The molecule has 2 N–H and O–H groups in total. The molecule has 1 aliphatic heterocycles. The Kier molecular flexibility index (Phi) is 5.87. The highest BCUT2D eigenvalue weighted by Gasteiger charge is 2.45. The Morgan fingerprint density at radius 3 is 2.33 bits per heavy atom. The predicted molar refractivity (Wildman–Crippen MR) is 112 cm³/mol. The molecule has 0 radical (unpaired) electrons. The highest BCUT2D eigenvalue weighted by Crippen LogP contribution is 2.25. The number of hydrogen-bond donors (Lipinski definition) is 2. The number of nitrogens with zero attached hydrogens (tertiary/aromatic N) is 2. The fourth-order valence-corrected chi connectivity index (χ4v) is 4.80. The Labute approximate surface area is 176 Å². The van der Waals surface area contributed by atoms with Crippen LogP contribution in [-0.4, -0.2) is 55.1 Å². The molecule has 0 aromatic heterocycles. The molecule has 30 heavy (non-hydrogen) atoms. The standard InChI is InChI=1S/C21H25N3O5S/c1-15-8-7-9-16(12-15)24(30(28,29)18-10-5-4-6-11-18)14-17(25)13-23-19(26)21(2,3)22-20(23)27/h4-12,17,25H,13-14H2,1-3H3,(H,22,27)/t17-/m0/s1. The van der Waals surface area contributed by atoms with E-state index in [-0.39, 0.29) is 18.0 Å². The molecule has 9 heteroatoms. The summed E-state index contributed by atoms with van der Waals surface area (Å²) in [4.78, 5) is 25.5. The van der Waals surface area contributed by atoms with Crippen LogP contribution in [0.3, 0.4) is 0 Å². The van der Waals surface area contributed by atoms with Gasteiger partial charge in [-0.1, -0.05) is 30.3 Å². The summed E-state index contributed by atoms with van der Waals surface area (Å²) in [6, 6.07) is 14.2. The molecule has 1 saturated heterocycles. The van der Waals surface area contributed by atoms with Gasteiger partial charge in [-0.2, -0.15) is 0 Å². The molecule has 1 aliphatic rings. The second kappa shape index (κ2) is 8.08. The van der Waals surface area contributed by atoms with Crippen LogP contribution in [0.15, 0.2) is 59.5 Å². The number of β-amino-alcohol motifs (C(OH)–C–C–N with tert-alkyl or cyclic N) is 1. The molecule has 1 atom stereocenters. The second-order valence-corrected chi connectivity index (χ2v) is 9.68. The van der Waals surface area contributed by atoms with Gasteiger partial charge in [-0.15, -0.1) is 0 Å². The Balaban J connectivity index is 1.90. The summed E-state index contributed by atoms with van der Waals surface area (Å²) in [7, 11) is -3.98. The van der Waals surface area contributed by atoms with E-state index in [2.05, 4.69) is 5.32 Å². The highest BCUT2D eigenvalue weighted by molar-refractivity contribution is 7.92. The average Bonchev–Trinajstić information content (AvgIpc) is 2.88. The normalized spacial score (nSPS) is 17.0. The molecule has 2 aromatic carbocycles. The van der Waals surface area contributed by atoms with E-state index >= 15 is 0 Å². The van der Waals surface area contributed by atoms with E-state index in [0.29, 0.717) is 5.69 Å². The van der Waals surface area contributed by atoms with Gasteiger partial charge in [0.25, 0.3) is 15.9 Å². The van der Waals surface area contributed by atoms with E-state index in [0.717, 1.165) is 14.8 Å².